The molecule has 0 aromatic carbocycles. The molecule has 0 spiro atoms. The summed E-state index contributed by atoms with van der Waals surface area (Å²) in [6, 6.07) is 3.92. The zero-order valence-electron chi connectivity index (χ0n) is 10.9. The molecule has 0 aliphatic carbocycles. The molecule has 0 aliphatic rings. The van der Waals surface area contributed by atoms with E-state index in [0.717, 1.165) is 16.3 Å². The molecule has 0 amide bonds. The fraction of sp³-hybridized carbons (Fsp3) is 0.385. The van der Waals surface area contributed by atoms with Gasteiger partial charge in [0.25, 0.3) is 0 Å². The lowest BCUT2D eigenvalue weighted by Crippen LogP contribution is -2.21. The number of aromatic nitrogens is 1. The summed E-state index contributed by atoms with van der Waals surface area (Å²) >= 11 is 1.58. The van der Waals surface area contributed by atoms with Gasteiger partial charge in [0.1, 0.15) is 5.76 Å². The van der Waals surface area contributed by atoms with Gasteiger partial charge in [-0.25, -0.2) is 4.98 Å². The quantitative estimate of drug-likeness (QED) is 0.881. The van der Waals surface area contributed by atoms with Gasteiger partial charge >= 0.3 is 5.97 Å². The van der Waals surface area contributed by atoms with Gasteiger partial charge in [0.05, 0.1) is 17.0 Å². The van der Waals surface area contributed by atoms with Crippen LogP contribution in [0.3, 0.4) is 0 Å². The number of thiophene rings is 1. The zero-order chi connectivity index (χ0) is 13.8. The third-order valence-electron chi connectivity index (χ3n) is 2.75. The van der Waals surface area contributed by atoms with E-state index in [1.165, 1.54) is 0 Å². The van der Waals surface area contributed by atoms with Crippen molar-refractivity contribution in [1.82, 2.24) is 9.88 Å². The van der Waals surface area contributed by atoms with Gasteiger partial charge in [-0.3, -0.25) is 9.69 Å². The Labute approximate surface area is 115 Å². The Bertz CT molecular complexity index is 548. The van der Waals surface area contributed by atoms with E-state index in [1.807, 2.05) is 36.4 Å². The number of carboxylic acid groups (broad SMARTS) is 1. The van der Waals surface area contributed by atoms with Crippen LogP contribution in [0.1, 0.15) is 17.9 Å². The van der Waals surface area contributed by atoms with Gasteiger partial charge in [0.2, 0.25) is 5.89 Å². The van der Waals surface area contributed by atoms with Gasteiger partial charge < -0.3 is 9.52 Å². The van der Waals surface area contributed by atoms with Crippen LogP contribution in [0, 0.1) is 6.92 Å². The molecule has 0 aliphatic heterocycles. The van der Waals surface area contributed by atoms with E-state index < -0.39 is 5.97 Å². The van der Waals surface area contributed by atoms with Crippen molar-refractivity contribution >= 4 is 17.3 Å². The van der Waals surface area contributed by atoms with Crippen LogP contribution in [0.4, 0.5) is 0 Å². The summed E-state index contributed by atoms with van der Waals surface area (Å²) in [6.07, 6.45) is 0.130. The van der Waals surface area contributed by atoms with E-state index in [1.54, 1.807) is 11.3 Å². The summed E-state index contributed by atoms with van der Waals surface area (Å²) in [7, 11) is 1.88. The van der Waals surface area contributed by atoms with Crippen molar-refractivity contribution in [1.29, 1.82) is 0 Å². The van der Waals surface area contributed by atoms with Crippen LogP contribution in [0.25, 0.3) is 10.8 Å². The number of aryl methyl sites for hydroxylation is 1. The molecule has 2 rings (SSSR count). The van der Waals surface area contributed by atoms with Crippen molar-refractivity contribution in [2.24, 2.45) is 0 Å². The zero-order valence-corrected chi connectivity index (χ0v) is 11.7. The molecule has 0 saturated heterocycles. The Morgan fingerprint density at radius 1 is 1.58 bits per heavy atom. The molecule has 0 saturated carbocycles. The summed E-state index contributed by atoms with van der Waals surface area (Å²) in [5.41, 5.74) is 0.858. The van der Waals surface area contributed by atoms with Gasteiger partial charge in [-0.2, -0.15) is 0 Å². The molecule has 19 heavy (non-hydrogen) atoms. The molecular formula is C13H16N2O3S. The number of aliphatic carboxylic acids is 1. The van der Waals surface area contributed by atoms with Crippen LogP contribution < -0.4 is 0 Å². The molecule has 1 N–H and O–H groups in total. The van der Waals surface area contributed by atoms with Crippen molar-refractivity contribution in [3.63, 3.8) is 0 Å². The smallest absolute Gasteiger partial charge is 0.304 e. The predicted octanol–water partition coefficient (Wildman–Crippen LogP) is 2.62. The first-order chi connectivity index (χ1) is 9.06. The van der Waals surface area contributed by atoms with Crippen molar-refractivity contribution < 1.29 is 14.3 Å². The number of carboxylic acids is 1. The summed E-state index contributed by atoms with van der Waals surface area (Å²) < 4.78 is 5.64. The highest BCUT2D eigenvalue weighted by Gasteiger charge is 2.14. The molecule has 2 aromatic heterocycles. The second-order valence-corrected chi connectivity index (χ2v) is 5.33. The van der Waals surface area contributed by atoms with Gasteiger partial charge in [-0.15, -0.1) is 11.3 Å². The van der Waals surface area contributed by atoms with Crippen molar-refractivity contribution in [2.75, 3.05) is 13.6 Å². The first-order valence-corrected chi connectivity index (χ1v) is 6.84. The molecule has 5 nitrogen and oxygen atoms in total. The minimum absolute atomic E-state index is 0.130. The molecule has 0 atom stereocenters. The van der Waals surface area contributed by atoms with E-state index >= 15 is 0 Å². The van der Waals surface area contributed by atoms with E-state index in [9.17, 15) is 4.79 Å². The summed E-state index contributed by atoms with van der Waals surface area (Å²) in [5, 5.41) is 10.6. The lowest BCUT2D eigenvalue weighted by atomic mass is 10.3. The average Bonchev–Trinajstić information content (AvgIpc) is 2.97. The normalized spacial score (nSPS) is 11.1. The van der Waals surface area contributed by atoms with Crippen LogP contribution in [0.5, 0.6) is 0 Å². The molecule has 2 aromatic rings. The van der Waals surface area contributed by atoms with Crippen LogP contribution in [-0.4, -0.2) is 34.6 Å². The Balaban J connectivity index is 2.03. The summed E-state index contributed by atoms with van der Waals surface area (Å²) in [5.74, 6) is 0.628. The maximum atomic E-state index is 10.5. The van der Waals surface area contributed by atoms with Crippen LogP contribution in [0.2, 0.25) is 0 Å². The summed E-state index contributed by atoms with van der Waals surface area (Å²) in [6.45, 7) is 2.97. The minimum Gasteiger partial charge on any atom is -0.481 e. The largest absolute Gasteiger partial charge is 0.481 e. The monoisotopic (exact) mass is 280 g/mol. The van der Waals surface area contributed by atoms with Gasteiger partial charge in [-0.1, -0.05) is 6.07 Å². The molecule has 2 heterocycles. The topological polar surface area (TPSA) is 66.6 Å². The van der Waals surface area contributed by atoms with Crippen molar-refractivity contribution in [3.05, 3.63) is 29.0 Å². The Morgan fingerprint density at radius 3 is 3.00 bits per heavy atom. The van der Waals surface area contributed by atoms with E-state index in [0.29, 0.717) is 19.0 Å². The molecule has 0 unspecified atom stereocenters. The Morgan fingerprint density at radius 2 is 2.37 bits per heavy atom. The SMILES string of the molecule is Cc1oc(-c2cccs2)nc1CN(C)CCC(=O)O. The molecule has 0 radical (unpaired) electrons. The number of nitrogens with zero attached hydrogens (tertiary/aromatic N) is 2. The molecule has 0 fully saturated rings. The maximum Gasteiger partial charge on any atom is 0.304 e. The standard InChI is InChI=1S/C13H16N2O3S/c1-9-10(8-15(2)6-5-12(16)17)14-13(18-9)11-4-3-7-19-11/h3-4,7H,5-6,8H2,1-2H3,(H,16,17). The maximum absolute atomic E-state index is 10.5. The third-order valence-corrected chi connectivity index (χ3v) is 3.61. The molecule has 102 valence electrons. The number of oxazole rings is 1. The number of rotatable bonds is 6. The highest BCUT2D eigenvalue weighted by Crippen LogP contribution is 2.26. The van der Waals surface area contributed by atoms with Crippen molar-refractivity contribution in [3.8, 4) is 10.8 Å². The first kappa shape index (κ1) is 13.8. The van der Waals surface area contributed by atoms with Crippen LogP contribution in [-0.2, 0) is 11.3 Å². The van der Waals surface area contributed by atoms with Crippen LogP contribution in [0.15, 0.2) is 21.9 Å². The van der Waals surface area contributed by atoms with E-state index in [2.05, 4.69) is 4.98 Å². The second kappa shape index (κ2) is 5.99. The highest BCUT2D eigenvalue weighted by atomic mass is 32.1. The second-order valence-electron chi connectivity index (χ2n) is 4.38. The van der Waals surface area contributed by atoms with Gasteiger partial charge in [0, 0.05) is 13.1 Å². The Hall–Kier alpha value is -1.66. The fourth-order valence-electron chi connectivity index (χ4n) is 1.70. The predicted molar refractivity (Wildman–Crippen MR) is 73.1 cm³/mol. The van der Waals surface area contributed by atoms with Gasteiger partial charge in [-0.05, 0) is 25.4 Å². The molecule has 0 bridgehead atoms. The summed E-state index contributed by atoms with van der Waals surface area (Å²) in [4.78, 5) is 17.9. The third kappa shape index (κ3) is 3.65. The number of carbonyl (C=O) groups is 1. The van der Waals surface area contributed by atoms with Crippen LogP contribution >= 0.6 is 11.3 Å². The van der Waals surface area contributed by atoms with E-state index in [4.69, 9.17) is 9.52 Å². The average molecular weight is 280 g/mol. The van der Waals surface area contributed by atoms with Gasteiger partial charge in [0.15, 0.2) is 0 Å². The van der Waals surface area contributed by atoms with E-state index in [-0.39, 0.29) is 6.42 Å². The lowest BCUT2D eigenvalue weighted by molar-refractivity contribution is -0.137. The van der Waals surface area contributed by atoms with Crippen molar-refractivity contribution in [2.45, 2.75) is 19.9 Å². The lowest BCUT2D eigenvalue weighted by Gasteiger charge is -2.13. The first-order valence-electron chi connectivity index (χ1n) is 5.97. The fourth-order valence-corrected chi connectivity index (χ4v) is 2.35. The Kier molecular flexibility index (Phi) is 4.34. The minimum atomic E-state index is -0.789. The molecule has 6 heteroatoms. The highest BCUT2D eigenvalue weighted by molar-refractivity contribution is 7.13. The molecular weight excluding hydrogens is 264 g/mol. The number of hydrogen-bond acceptors (Lipinski definition) is 5. The number of hydrogen-bond donors (Lipinski definition) is 1.